The van der Waals surface area contributed by atoms with Gasteiger partial charge in [-0.3, -0.25) is 10.1 Å². The number of carbonyl (C=O) groups is 1. The van der Waals surface area contributed by atoms with Gasteiger partial charge in [-0.25, -0.2) is 0 Å². The van der Waals surface area contributed by atoms with Crippen molar-refractivity contribution in [3.63, 3.8) is 0 Å². The fourth-order valence-corrected chi connectivity index (χ4v) is 3.04. The van der Waals surface area contributed by atoms with Gasteiger partial charge in [0.15, 0.2) is 11.5 Å². The van der Waals surface area contributed by atoms with E-state index in [9.17, 15) is 4.79 Å². The van der Waals surface area contributed by atoms with Crippen LogP contribution in [-0.4, -0.2) is 36.6 Å². The number of methoxy groups -OCH3 is 2. The standard InChI is InChI=1S/C20H21N3O4S/c1-25-16-9-6-14(10-17(16)26-2)11-18(24)21-20-23-22-19(27-20)12-13-4-7-15(28-3)8-5-13/h4-10H,11-12H2,1-3H3,(H,21,23,24). The Hall–Kier alpha value is -3.00. The molecule has 0 aliphatic rings. The number of amides is 1. The molecular formula is C20H21N3O4S. The summed E-state index contributed by atoms with van der Waals surface area (Å²) in [6.45, 7) is 0. The Bertz CT molecular complexity index is 941. The van der Waals surface area contributed by atoms with E-state index in [4.69, 9.17) is 13.9 Å². The monoisotopic (exact) mass is 399 g/mol. The van der Waals surface area contributed by atoms with Crippen molar-refractivity contribution in [1.29, 1.82) is 0 Å². The lowest BCUT2D eigenvalue weighted by Crippen LogP contribution is -2.14. The second-order valence-electron chi connectivity index (χ2n) is 5.94. The number of hydrogen-bond donors (Lipinski definition) is 1. The van der Waals surface area contributed by atoms with E-state index in [0.717, 1.165) is 11.1 Å². The Labute approximate surface area is 167 Å². The Balaban J connectivity index is 1.59. The first kappa shape index (κ1) is 19.8. The van der Waals surface area contributed by atoms with Crippen LogP contribution in [0.3, 0.4) is 0 Å². The molecule has 1 amide bonds. The van der Waals surface area contributed by atoms with Gasteiger partial charge < -0.3 is 13.9 Å². The summed E-state index contributed by atoms with van der Waals surface area (Å²) in [7, 11) is 3.12. The molecule has 8 heteroatoms. The lowest BCUT2D eigenvalue weighted by molar-refractivity contribution is -0.115. The number of hydrogen-bond acceptors (Lipinski definition) is 7. The van der Waals surface area contributed by atoms with Gasteiger partial charge in [0.2, 0.25) is 11.8 Å². The second kappa shape index (κ2) is 9.27. The van der Waals surface area contributed by atoms with E-state index in [2.05, 4.69) is 15.5 Å². The molecular weight excluding hydrogens is 378 g/mol. The fraction of sp³-hybridized carbons (Fsp3) is 0.250. The quantitative estimate of drug-likeness (QED) is 0.579. The zero-order valence-corrected chi connectivity index (χ0v) is 16.7. The molecule has 146 valence electrons. The second-order valence-corrected chi connectivity index (χ2v) is 6.82. The molecule has 1 N–H and O–H groups in total. The van der Waals surface area contributed by atoms with Crippen LogP contribution < -0.4 is 14.8 Å². The highest BCUT2D eigenvalue weighted by Crippen LogP contribution is 2.27. The highest BCUT2D eigenvalue weighted by molar-refractivity contribution is 7.98. The minimum absolute atomic E-state index is 0.0845. The van der Waals surface area contributed by atoms with Crippen molar-refractivity contribution in [1.82, 2.24) is 10.2 Å². The molecule has 3 rings (SSSR count). The Kier molecular flexibility index (Phi) is 6.54. The first-order valence-corrected chi connectivity index (χ1v) is 9.80. The average molecular weight is 399 g/mol. The van der Waals surface area contributed by atoms with Crippen LogP contribution in [0.4, 0.5) is 6.01 Å². The maximum absolute atomic E-state index is 12.3. The molecule has 0 radical (unpaired) electrons. The van der Waals surface area contributed by atoms with Crippen molar-refractivity contribution in [3.05, 3.63) is 59.5 Å². The Morgan fingerprint density at radius 1 is 1.04 bits per heavy atom. The van der Waals surface area contributed by atoms with Crippen molar-refractivity contribution in [3.8, 4) is 11.5 Å². The van der Waals surface area contributed by atoms with Gasteiger partial charge in [0.05, 0.1) is 27.1 Å². The van der Waals surface area contributed by atoms with Gasteiger partial charge in [-0.2, -0.15) is 0 Å². The summed E-state index contributed by atoms with van der Waals surface area (Å²) >= 11 is 1.69. The fourth-order valence-electron chi connectivity index (χ4n) is 2.63. The van der Waals surface area contributed by atoms with Crippen molar-refractivity contribution >= 4 is 23.7 Å². The van der Waals surface area contributed by atoms with E-state index in [0.29, 0.717) is 23.8 Å². The lowest BCUT2D eigenvalue weighted by Gasteiger charge is -2.09. The molecule has 0 atom stereocenters. The molecule has 0 aliphatic heterocycles. The van der Waals surface area contributed by atoms with E-state index in [1.54, 1.807) is 44.2 Å². The van der Waals surface area contributed by atoms with Crippen molar-refractivity contribution < 1.29 is 18.7 Å². The van der Waals surface area contributed by atoms with Crippen LogP contribution in [-0.2, 0) is 17.6 Å². The van der Waals surface area contributed by atoms with E-state index >= 15 is 0 Å². The molecule has 0 bridgehead atoms. The zero-order valence-electron chi connectivity index (χ0n) is 15.9. The summed E-state index contributed by atoms with van der Waals surface area (Å²) in [5.41, 5.74) is 1.84. The molecule has 0 unspecified atom stereocenters. The zero-order chi connectivity index (χ0) is 19.9. The van der Waals surface area contributed by atoms with Gasteiger partial charge in [0.25, 0.3) is 0 Å². The molecule has 0 saturated carbocycles. The number of aromatic nitrogens is 2. The minimum Gasteiger partial charge on any atom is -0.493 e. The van der Waals surface area contributed by atoms with Gasteiger partial charge in [0, 0.05) is 4.90 Å². The Morgan fingerprint density at radius 3 is 2.43 bits per heavy atom. The summed E-state index contributed by atoms with van der Waals surface area (Å²) in [6, 6.07) is 13.5. The van der Waals surface area contributed by atoms with Crippen LogP contribution in [0.15, 0.2) is 51.8 Å². The number of anilines is 1. The van der Waals surface area contributed by atoms with Gasteiger partial charge in [-0.15, -0.1) is 16.9 Å². The summed E-state index contributed by atoms with van der Waals surface area (Å²) in [6.07, 6.45) is 2.69. The summed E-state index contributed by atoms with van der Waals surface area (Å²) in [5, 5.41) is 10.5. The highest BCUT2D eigenvalue weighted by Gasteiger charge is 2.12. The third-order valence-corrected chi connectivity index (χ3v) is 4.78. The number of ether oxygens (including phenoxy) is 2. The van der Waals surface area contributed by atoms with Crippen LogP contribution in [0, 0.1) is 0 Å². The molecule has 3 aromatic rings. The topological polar surface area (TPSA) is 86.5 Å². The summed E-state index contributed by atoms with van der Waals surface area (Å²) in [5.74, 6) is 1.36. The van der Waals surface area contributed by atoms with E-state index < -0.39 is 0 Å². The first-order valence-electron chi connectivity index (χ1n) is 8.57. The van der Waals surface area contributed by atoms with Gasteiger partial charge in [-0.05, 0) is 41.6 Å². The molecule has 0 fully saturated rings. The molecule has 2 aromatic carbocycles. The van der Waals surface area contributed by atoms with Gasteiger partial charge >= 0.3 is 6.01 Å². The summed E-state index contributed by atoms with van der Waals surface area (Å²) < 4.78 is 16.0. The highest BCUT2D eigenvalue weighted by atomic mass is 32.2. The number of nitrogens with one attached hydrogen (secondary N) is 1. The number of nitrogens with zero attached hydrogens (tertiary/aromatic N) is 2. The molecule has 0 spiro atoms. The molecule has 7 nitrogen and oxygen atoms in total. The predicted molar refractivity (Wildman–Crippen MR) is 107 cm³/mol. The smallest absolute Gasteiger partial charge is 0.322 e. The normalized spacial score (nSPS) is 10.5. The SMILES string of the molecule is COc1ccc(CC(=O)Nc2nnc(Cc3ccc(SC)cc3)o2)cc1OC. The average Bonchev–Trinajstić information content (AvgIpc) is 3.14. The van der Waals surface area contributed by atoms with Crippen molar-refractivity contribution in [2.24, 2.45) is 0 Å². The molecule has 28 heavy (non-hydrogen) atoms. The van der Waals surface area contributed by atoms with Crippen molar-refractivity contribution in [2.45, 2.75) is 17.7 Å². The van der Waals surface area contributed by atoms with Gasteiger partial charge in [0.1, 0.15) is 0 Å². The van der Waals surface area contributed by atoms with E-state index in [-0.39, 0.29) is 18.3 Å². The predicted octanol–water partition coefficient (Wildman–Crippen LogP) is 3.58. The molecule has 0 aliphatic carbocycles. The van der Waals surface area contributed by atoms with E-state index in [1.165, 1.54) is 4.90 Å². The van der Waals surface area contributed by atoms with Crippen molar-refractivity contribution in [2.75, 3.05) is 25.8 Å². The third kappa shape index (κ3) is 5.04. The van der Waals surface area contributed by atoms with Crippen LogP contribution in [0.2, 0.25) is 0 Å². The minimum atomic E-state index is -0.258. The number of thioether (sulfide) groups is 1. The van der Waals surface area contributed by atoms with Crippen LogP contribution in [0.5, 0.6) is 11.5 Å². The molecule has 1 heterocycles. The largest absolute Gasteiger partial charge is 0.493 e. The maximum Gasteiger partial charge on any atom is 0.322 e. The third-order valence-electron chi connectivity index (χ3n) is 4.04. The lowest BCUT2D eigenvalue weighted by atomic mass is 10.1. The first-order chi connectivity index (χ1) is 13.6. The molecule has 1 aromatic heterocycles. The number of rotatable bonds is 8. The Morgan fingerprint density at radius 2 is 1.75 bits per heavy atom. The number of carbonyl (C=O) groups excluding carboxylic acids is 1. The van der Waals surface area contributed by atoms with Crippen LogP contribution in [0.25, 0.3) is 0 Å². The maximum atomic E-state index is 12.3. The van der Waals surface area contributed by atoms with Gasteiger partial charge in [-0.1, -0.05) is 23.3 Å². The molecule has 0 saturated heterocycles. The van der Waals surface area contributed by atoms with Crippen LogP contribution in [0.1, 0.15) is 17.0 Å². The van der Waals surface area contributed by atoms with E-state index in [1.807, 2.05) is 30.5 Å². The number of benzene rings is 2. The van der Waals surface area contributed by atoms with Crippen LogP contribution >= 0.6 is 11.8 Å². The summed E-state index contributed by atoms with van der Waals surface area (Å²) in [4.78, 5) is 13.5.